The van der Waals surface area contributed by atoms with Gasteiger partial charge in [0.2, 0.25) is 0 Å². The maximum absolute atomic E-state index is 12.4. The molecular formula is C23H30O3. The number of aryl methyl sites for hydroxylation is 1. The first-order valence-electron chi connectivity index (χ1n) is 9.61. The Balaban J connectivity index is 1.98. The van der Waals surface area contributed by atoms with Crippen molar-refractivity contribution in [3.63, 3.8) is 0 Å². The summed E-state index contributed by atoms with van der Waals surface area (Å²) in [6, 6.07) is 15.6. The SMILES string of the molecule is CCCCCCCC(OC(=O)Oc1cccc(C)c1C)c1ccccc1. The van der Waals surface area contributed by atoms with Crippen molar-refractivity contribution in [2.75, 3.05) is 0 Å². The van der Waals surface area contributed by atoms with Crippen LogP contribution in [0.1, 0.15) is 68.2 Å². The molecule has 2 aromatic rings. The fraction of sp³-hybridized carbons (Fsp3) is 0.435. The van der Waals surface area contributed by atoms with Gasteiger partial charge in [0.25, 0.3) is 0 Å². The van der Waals surface area contributed by atoms with Crippen LogP contribution in [0.15, 0.2) is 48.5 Å². The van der Waals surface area contributed by atoms with Crippen LogP contribution >= 0.6 is 0 Å². The number of rotatable bonds is 9. The minimum atomic E-state index is -0.638. The van der Waals surface area contributed by atoms with Crippen LogP contribution < -0.4 is 4.74 Å². The van der Waals surface area contributed by atoms with Crippen molar-refractivity contribution in [2.24, 2.45) is 0 Å². The van der Waals surface area contributed by atoms with E-state index in [-0.39, 0.29) is 6.10 Å². The number of unbranched alkanes of at least 4 members (excludes halogenated alkanes) is 4. The number of ether oxygens (including phenoxy) is 2. The van der Waals surface area contributed by atoms with E-state index in [1.54, 1.807) is 6.07 Å². The van der Waals surface area contributed by atoms with Crippen molar-refractivity contribution >= 4 is 6.16 Å². The van der Waals surface area contributed by atoms with E-state index in [9.17, 15) is 4.79 Å². The Bertz CT molecular complexity index is 679. The molecule has 0 saturated heterocycles. The summed E-state index contributed by atoms with van der Waals surface area (Å²) in [6.45, 7) is 6.15. The zero-order valence-corrected chi connectivity index (χ0v) is 16.2. The molecule has 140 valence electrons. The molecule has 0 N–H and O–H groups in total. The van der Waals surface area contributed by atoms with Gasteiger partial charge in [-0.05, 0) is 49.4 Å². The first-order valence-corrected chi connectivity index (χ1v) is 9.61. The molecule has 2 rings (SSSR count). The van der Waals surface area contributed by atoms with E-state index in [0.29, 0.717) is 5.75 Å². The van der Waals surface area contributed by atoms with Crippen LogP contribution in [0.5, 0.6) is 5.75 Å². The van der Waals surface area contributed by atoms with E-state index in [0.717, 1.165) is 36.0 Å². The molecule has 0 aliphatic carbocycles. The maximum atomic E-state index is 12.4. The number of hydrogen-bond acceptors (Lipinski definition) is 3. The van der Waals surface area contributed by atoms with Gasteiger partial charge in [0.05, 0.1) is 0 Å². The summed E-state index contributed by atoms with van der Waals surface area (Å²) in [5, 5.41) is 0. The van der Waals surface area contributed by atoms with Gasteiger partial charge < -0.3 is 9.47 Å². The van der Waals surface area contributed by atoms with Crippen LogP contribution in [-0.2, 0) is 4.74 Å². The van der Waals surface area contributed by atoms with Crippen molar-refractivity contribution in [3.8, 4) is 5.75 Å². The summed E-state index contributed by atoms with van der Waals surface area (Å²) in [5.41, 5.74) is 3.06. The van der Waals surface area contributed by atoms with Crippen LogP contribution in [0.25, 0.3) is 0 Å². The lowest BCUT2D eigenvalue weighted by atomic mass is 10.0. The van der Waals surface area contributed by atoms with Gasteiger partial charge in [-0.2, -0.15) is 0 Å². The van der Waals surface area contributed by atoms with Crippen molar-refractivity contribution in [1.29, 1.82) is 0 Å². The first-order chi connectivity index (χ1) is 12.6. The third-order valence-electron chi connectivity index (χ3n) is 4.73. The highest BCUT2D eigenvalue weighted by atomic mass is 16.7. The summed E-state index contributed by atoms with van der Waals surface area (Å²) in [7, 11) is 0. The molecule has 0 aliphatic heterocycles. The zero-order valence-electron chi connectivity index (χ0n) is 16.2. The van der Waals surface area contributed by atoms with Gasteiger partial charge in [0.15, 0.2) is 0 Å². The number of carbonyl (C=O) groups is 1. The molecule has 0 heterocycles. The van der Waals surface area contributed by atoms with Crippen molar-refractivity contribution in [1.82, 2.24) is 0 Å². The fourth-order valence-electron chi connectivity index (χ4n) is 2.96. The third-order valence-corrected chi connectivity index (χ3v) is 4.73. The molecule has 0 spiro atoms. The zero-order chi connectivity index (χ0) is 18.8. The molecular weight excluding hydrogens is 324 g/mol. The van der Waals surface area contributed by atoms with E-state index in [1.807, 2.05) is 56.3 Å². The third kappa shape index (κ3) is 6.21. The highest BCUT2D eigenvalue weighted by Crippen LogP contribution is 2.26. The molecule has 3 heteroatoms. The Morgan fingerprint density at radius 3 is 2.38 bits per heavy atom. The Morgan fingerprint density at radius 2 is 1.65 bits per heavy atom. The molecule has 1 unspecified atom stereocenters. The average Bonchev–Trinajstić information content (AvgIpc) is 2.65. The summed E-state index contributed by atoms with van der Waals surface area (Å²) >= 11 is 0. The second-order valence-electron chi connectivity index (χ2n) is 6.77. The van der Waals surface area contributed by atoms with Gasteiger partial charge in [-0.25, -0.2) is 4.79 Å². The highest BCUT2D eigenvalue weighted by molar-refractivity contribution is 5.65. The lowest BCUT2D eigenvalue weighted by Gasteiger charge is -2.18. The van der Waals surface area contributed by atoms with Gasteiger partial charge >= 0.3 is 6.16 Å². The normalized spacial score (nSPS) is 11.8. The second-order valence-corrected chi connectivity index (χ2v) is 6.77. The second kappa shape index (κ2) is 10.6. The number of benzene rings is 2. The molecule has 0 radical (unpaired) electrons. The summed E-state index contributed by atoms with van der Waals surface area (Å²) in [6.07, 6.45) is 5.81. The molecule has 26 heavy (non-hydrogen) atoms. The van der Waals surface area contributed by atoms with Crippen LogP contribution in [0.4, 0.5) is 4.79 Å². The van der Waals surface area contributed by atoms with E-state index in [1.165, 1.54) is 19.3 Å². The highest BCUT2D eigenvalue weighted by Gasteiger charge is 2.18. The lowest BCUT2D eigenvalue weighted by molar-refractivity contribution is 0.0526. The van der Waals surface area contributed by atoms with Crippen LogP contribution in [0.3, 0.4) is 0 Å². The quantitative estimate of drug-likeness (QED) is 0.278. The Hall–Kier alpha value is -2.29. The standard InChI is InChI=1S/C23H30O3/c1-4-5-6-7-11-16-22(20-14-9-8-10-15-20)26-23(24)25-21-17-12-13-18(2)19(21)3/h8-10,12-15,17,22H,4-7,11,16H2,1-3H3. The van der Waals surface area contributed by atoms with Gasteiger partial charge in [-0.3, -0.25) is 0 Å². The molecule has 2 aromatic carbocycles. The summed E-state index contributed by atoms with van der Waals surface area (Å²) in [5.74, 6) is 0.560. The van der Waals surface area contributed by atoms with Crippen LogP contribution in [0, 0.1) is 13.8 Å². The predicted octanol–water partition coefficient (Wildman–Crippen LogP) is 6.92. The van der Waals surface area contributed by atoms with E-state index >= 15 is 0 Å². The van der Waals surface area contributed by atoms with Gasteiger partial charge in [0, 0.05) is 0 Å². The molecule has 0 saturated carbocycles. The Labute approximate surface area is 157 Å². The van der Waals surface area contributed by atoms with Crippen molar-refractivity contribution in [2.45, 2.75) is 65.4 Å². The minimum Gasteiger partial charge on any atom is -0.426 e. The summed E-state index contributed by atoms with van der Waals surface area (Å²) < 4.78 is 11.1. The fourth-order valence-corrected chi connectivity index (χ4v) is 2.96. The van der Waals surface area contributed by atoms with Gasteiger partial charge in [0.1, 0.15) is 11.9 Å². The Kier molecular flexibility index (Phi) is 8.20. The number of hydrogen-bond donors (Lipinski definition) is 0. The monoisotopic (exact) mass is 354 g/mol. The molecule has 3 nitrogen and oxygen atoms in total. The van der Waals surface area contributed by atoms with Crippen LogP contribution in [0.2, 0.25) is 0 Å². The molecule has 0 amide bonds. The maximum Gasteiger partial charge on any atom is 0.514 e. The largest absolute Gasteiger partial charge is 0.514 e. The van der Waals surface area contributed by atoms with E-state index < -0.39 is 6.16 Å². The van der Waals surface area contributed by atoms with Crippen LogP contribution in [-0.4, -0.2) is 6.16 Å². The van der Waals surface area contributed by atoms with Gasteiger partial charge in [-0.15, -0.1) is 0 Å². The predicted molar refractivity (Wildman–Crippen MR) is 106 cm³/mol. The molecule has 0 aromatic heterocycles. The van der Waals surface area contributed by atoms with Crippen molar-refractivity contribution < 1.29 is 14.3 Å². The van der Waals surface area contributed by atoms with Crippen molar-refractivity contribution in [3.05, 3.63) is 65.2 Å². The average molecular weight is 354 g/mol. The smallest absolute Gasteiger partial charge is 0.426 e. The summed E-state index contributed by atoms with van der Waals surface area (Å²) in [4.78, 5) is 12.4. The lowest BCUT2D eigenvalue weighted by Crippen LogP contribution is -2.16. The first kappa shape index (κ1) is 20.0. The van der Waals surface area contributed by atoms with Gasteiger partial charge in [-0.1, -0.05) is 75.1 Å². The number of carbonyl (C=O) groups excluding carboxylic acids is 1. The molecule has 0 bridgehead atoms. The molecule has 1 atom stereocenters. The molecule has 0 aliphatic rings. The molecule has 0 fully saturated rings. The topological polar surface area (TPSA) is 35.5 Å². The van der Waals surface area contributed by atoms with E-state index in [2.05, 4.69) is 6.92 Å². The minimum absolute atomic E-state index is 0.268. The van der Waals surface area contributed by atoms with E-state index in [4.69, 9.17) is 9.47 Å². The Morgan fingerprint density at radius 1 is 0.923 bits per heavy atom.